The highest BCUT2D eigenvalue weighted by molar-refractivity contribution is 6.01. The minimum absolute atomic E-state index is 0.0256. The largest absolute Gasteiger partial charge is 0.348 e. The average Bonchev–Trinajstić information content (AvgIpc) is 3.04. The fraction of sp³-hybridized carbons (Fsp3) is 0.727. The Morgan fingerprint density at radius 3 is 2.79 bits per heavy atom. The van der Waals surface area contributed by atoms with Crippen molar-refractivity contribution in [2.45, 2.75) is 18.5 Å². The molecule has 19 heavy (non-hydrogen) atoms. The first-order valence-electron chi connectivity index (χ1n) is 6.59. The third-order valence-electron chi connectivity index (χ3n) is 3.54. The quantitative estimate of drug-likeness (QED) is 0.637. The van der Waals surface area contributed by atoms with E-state index in [0.717, 1.165) is 4.90 Å². The normalized spacial score (nSPS) is 32.8. The average molecular weight is 269 g/mol. The van der Waals surface area contributed by atoms with Gasteiger partial charge >= 0.3 is 6.03 Å². The summed E-state index contributed by atoms with van der Waals surface area (Å²) in [6.45, 7) is 1.26. The summed E-state index contributed by atoms with van der Waals surface area (Å²) < 4.78 is 18.6. The summed E-state index contributed by atoms with van der Waals surface area (Å²) in [6.07, 6.45) is -1.15. The highest BCUT2D eigenvalue weighted by Gasteiger charge is 2.48. The minimum atomic E-state index is -0.678. The Balaban J connectivity index is 1.83. The lowest BCUT2D eigenvalue weighted by Crippen LogP contribution is -2.64. The van der Waals surface area contributed by atoms with Crippen LogP contribution in [-0.4, -0.2) is 85.3 Å². The van der Waals surface area contributed by atoms with E-state index in [4.69, 9.17) is 10.8 Å². The number of hydrogen-bond donors (Lipinski definition) is 0. The van der Waals surface area contributed by atoms with Gasteiger partial charge in [-0.3, -0.25) is 9.69 Å². The zero-order valence-corrected chi connectivity index (χ0v) is 10.8. The van der Waals surface area contributed by atoms with E-state index < -0.39 is 24.5 Å². The molecule has 0 N–H and O–H groups in total. The van der Waals surface area contributed by atoms with E-state index in [1.165, 1.54) is 16.8 Å². The predicted molar refractivity (Wildman–Crippen MR) is 64.4 cm³/mol. The first kappa shape index (κ1) is 11.2. The van der Waals surface area contributed by atoms with Gasteiger partial charge in [-0.2, -0.15) is 0 Å². The number of nitrogens with zero attached hydrogens (tertiary/aromatic N) is 4. The fourth-order valence-electron chi connectivity index (χ4n) is 2.46. The Labute approximate surface area is 112 Å². The van der Waals surface area contributed by atoms with E-state index in [1.807, 2.05) is 0 Å². The second kappa shape index (κ2) is 4.46. The molecular formula is C11H16N4O4. The number of aliphatic imine (C=N–C) groups is 1. The Hall–Kier alpha value is -1.67. The highest BCUT2D eigenvalue weighted by Crippen LogP contribution is 2.25. The second-order valence-corrected chi connectivity index (χ2v) is 4.70. The van der Waals surface area contributed by atoms with Gasteiger partial charge in [0.05, 0.1) is 26.1 Å². The third kappa shape index (κ3) is 1.87. The Kier molecular flexibility index (Phi) is 2.63. The number of imide groups is 1. The maximum Gasteiger partial charge on any atom is 0.328 e. The van der Waals surface area contributed by atoms with Crippen molar-refractivity contribution in [3.8, 4) is 0 Å². The van der Waals surface area contributed by atoms with Gasteiger partial charge in [0.15, 0.2) is 18.5 Å². The van der Waals surface area contributed by atoms with E-state index in [0.29, 0.717) is 13.2 Å². The van der Waals surface area contributed by atoms with Crippen LogP contribution in [0.5, 0.6) is 0 Å². The molecule has 8 heteroatoms. The molecule has 0 aromatic rings. The van der Waals surface area contributed by atoms with Crippen molar-refractivity contribution in [3.63, 3.8) is 0 Å². The minimum Gasteiger partial charge on any atom is -0.348 e. The number of hydrogen-bond acceptors (Lipinski definition) is 6. The van der Waals surface area contributed by atoms with Crippen LogP contribution in [0.2, 0.25) is 0 Å². The van der Waals surface area contributed by atoms with Crippen LogP contribution >= 0.6 is 0 Å². The molecule has 3 amide bonds. The number of urea groups is 1. The van der Waals surface area contributed by atoms with Crippen molar-refractivity contribution in [1.82, 2.24) is 14.7 Å². The lowest BCUT2D eigenvalue weighted by atomic mass is 10.1. The lowest BCUT2D eigenvalue weighted by molar-refractivity contribution is -0.137. The third-order valence-corrected chi connectivity index (χ3v) is 3.54. The van der Waals surface area contributed by atoms with Crippen LogP contribution in [0.1, 0.15) is 1.37 Å². The van der Waals surface area contributed by atoms with Crippen LogP contribution in [0.4, 0.5) is 4.79 Å². The molecule has 0 aliphatic carbocycles. The molecule has 0 radical (unpaired) electrons. The molecular weight excluding hydrogens is 252 g/mol. The number of rotatable bonds is 2. The van der Waals surface area contributed by atoms with Crippen LogP contribution < -0.4 is 0 Å². The smallest absolute Gasteiger partial charge is 0.328 e. The van der Waals surface area contributed by atoms with Crippen molar-refractivity contribution in [2.75, 3.05) is 33.9 Å². The molecule has 3 aliphatic heterocycles. The zero-order valence-electron chi connectivity index (χ0n) is 11.8. The number of carbonyl (C=O) groups is 2. The van der Waals surface area contributed by atoms with E-state index in [9.17, 15) is 9.59 Å². The molecule has 0 aromatic carbocycles. The molecule has 3 aliphatic rings. The summed E-state index contributed by atoms with van der Waals surface area (Å²) in [7, 11) is 3.01. The Morgan fingerprint density at radius 2 is 2.11 bits per heavy atom. The molecule has 2 saturated heterocycles. The van der Waals surface area contributed by atoms with Crippen LogP contribution in [0.3, 0.4) is 0 Å². The first-order valence-corrected chi connectivity index (χ1v) is 6.09. The molecule has 0 bridgehead atoms. The number of fused-ring (bicyclic) bond motifs is 1. The number of carbonyl (C=O) groups excluding carboxylic acids is 2. The summed E-state index contributed by atoms with van der Waals surface area (Å²) in [5, 5.41) is 0. The van der Waals surface area contributed by atoms with Crippen molar-refractivity contribution in [3.05, 3.63) is 0 Å². The molecule has 0 spiro atoms. The van der Waals surface area contributed by atoms with Gasteiger partial charge in [0.1, 0.15) is 1.37 Å². The van der Waals surface area contributed by atoms with E-state index >= 15 is 0 Å². The predicted octanol–water partition coefficient (Wildman–Crippen LogP) is -1.08. The van der Waals surface area contributed by atoms with Gasteiger partial charge in [-0.15, -0.1) is 0 Å². The van der Waals surface area contributed by atoms with Gasteiger partial charge in [-0.25, -0.2) is 9.79 Å². The van der Waals surface area contributed by atoms with Gasteiger partial charge in [0, 0.05) is 14.1 Å². The summed E-state index contributed by atoms with van der Waals surface area (Å²) >= 11 is 0. The molecule has 104 valence electrons. The van der Waals surface area contributed by atoms with Crippen molar-refractivity contribution < 1.29 is 20.4 Å². The molecule has 0 aromatic heterocycles. The van der Waals surface area contributed by atoms with Crippen LogP contribution in [0, 0.1) is 0 Å². The van der Waals surface area contributed by atoms with Crippen LogP contribution in [0.15, 0.2) is 4.99 Å². The van der Waals surface area contributed by atoms with Gasteiger partial charge < -0.3 is 19.3 Å². The number of likely N-dealkylation sites (N-methyl/N-ethyl adjacent to an activating group) is 2. The SMILES string of the molecule is [2H]C1=NC2C(C(=O)N(C)C(=O)N2C)N1CC1OCCO1. The maximum atomic E-state index is 12.3. The Bertz CT molecular complexity index is 479. The topological polar surface area (TPSA) is 74.7 Å². The van der Waals surface area contributed by atoms with Crippen molar-refractivity contribution in [1.29, 1.82) is 0 Å². The van der Waals surface area contributed by atoms with E-state index in [1.54, 1.807) is 7.05 Å². The van der Waals surface area contributed by atoms with Crippen molar-refractivity contribution in [2.24, 2.45) is 4.99 Å². The number of amides is 3. The zero-order chi connectivity index (χ0) is 14.4. The van der Waals surface area contributed by atoms with Gasteiger partial charge in [-0.1, -0.05) is 0 Å². The van der Waals surface area contributed by atoms with Crippen LogP contribution in [0.25, 0.3) is 0 Å². The summed E-state index contributed by atoms with van der Waals surface area (Å²) in [4.78, 5) is 32.2. The van der Waals surface area contributed by atoms with Gasteiger partial charge in [-0.05, 0) is 0 Å². The maximum absolute atomic E-state index is 12.3. The van der Waals surface area contributed by atoms with Gasteiger partial charge in [0.25, 0.3) is 5.91 Å². The molecule has 3 heterocycles. The standard InChI is InChI=1S/C11H16N4O4/c1-13-9-8(10(16)14(2)11(13)17)15(6-12-9)5-7-18-3-4-19-7/h6-9H,3-5H2,1-2H3/i6D. The lowest BCUT2D eigenvalue weighted by Gasteiger charge is -2.39. The van der Waals surface area contributed by atoms with Crippen molar-refractivity contribution >= 4 is 18.3 Å². The molecule has 0 saturated carbocycles. The van der Waals surface area contributed by atoms with Crippen LogP contribution in [-0.2, 0) is 14.3 Å². The Morgan fingerprint density at radius 1 is 1.42 bits per heavy atom. The molecule has 2 unspecified atom stereocenters. The second-order valence-electron chi connectivity index (χ2n) is 4.70. The molecule has 8 nitrogen and oxygen atoms in total. The monoisotopic (exact) mass is 269 g/mol. The van der Waals surface area contributed by atoms with E-state index in [2.05, 4.69) is 4.99 Å². The molecule has 3 rings (SSSR count). The van der Waals surface area contributed by atoms with E-state index in [-0.39, 0.29) is 18.8 Å². The first-order chi connectivity index (χ1) is 9.50. The highest BCUT2D eigenvalue weighted by atomic mass is 16.7. The molecule has 2 fully saturated rings. The summed E-state index contributed by atoms with van der Waals surface area (Å²) in [6, 6.07) is -1.09. The summed E-state index contributed by atoms with van der Waals surface area (Å²) in [5.74, 6) is -0.359. The fourth-order valence-corrected chi connectivity index (χ4v) is 2.46. The number of ether oxygens (including phenoxy) is 2. The number of amidine groups is 1. The van der Waals surface area contributed by atoms with Gasteiger partial charge in [0.2, 0.25) is 0 Å². The summed E-state index contributed by atoms with van der Waals surface area (Å²) in [5.41, 5.74) is 0. The molecule has 2 atom stereocenters.